The molecule has 0 aliphatic carbocycles. The Bertz CT molecular complexity index is 963. The molecule has 7 heteroatoms. The number of hydrogen-bond donors (Lipinski definition) is 0. The maximum atomic E-state index is 13.0. The van der Waals surface area contributed by atoms with Gasteiger partial charge in [0.2, 0.25) is 0 Å². The molecule has 1 atom stereocenters. The van der Waals surface area contributed by atoms with E-state index in [1.807, 2.05) is 58.9 Å². The molecular weight excluding hydrogens is 392 g/mol. The molecule has 0 bridgehead atoms. The Morgan fingerprint density at radius 1 is 1.13 bits per heavy atom. The molecule has 1 fully saturated rings. The summed E-state index contributed by atoms with van der Waals surface area (Å²) >= 11 is 0. The van der Waals surface area contributed by atoms with Gasteiger partial charge in [-0.25, -0.2) is 4.79 Å². The van der Waals surface area contributed by atoms with Crippen molar-refractivity contribution in [1.82, 2.24) is 9.47 Å². The summed E-state index contributed by atoms with van der Waals surface area (Å²) in [5.41, 5.74) is 3.32. The molecule has 4 rings (SSSR count). The number of nitrogens with zero attached hydrogens (tertiary/aromatic N) is 4. The molecule has 31 heavy (non-hydrogen) atoms. The molecule has 164 valence electrons. The first-order valence-electron chi connectivity index (χ1n) is 11.0. The number of esters is 1. The second-order valence-corrected chi connectivity index (χ2v) is 8.33. The molecule has 7 nitrogen and oxygen atoms in total. The normalized spacial score (nSPS) is 18.8. The zero-order chi connectivity index (χ0) is 21.8. The van der Waals surface area contributed by atoms with Crippen LogP contribution in [0, 0.1) is 0 Å². The first kappa shape index (κ1) is 21.2. The average molecular weight is 423 g/mol. The van der Waals surface area contributed by atoms with Gasteiger partial charge in [-0.05, 0) is 62.6 Å². The number of hydrogen-bond acceptors (Lipinski definition) is 5. The van der Waals surface area contributed by atoms with E-state index in [-0.39, 0.29) is 17.9 Å². The molecular formula is C24H30N4O3. The number of piperidine rings is 1. The number of aryl methyl sites for hydroxylation is 1. The predicted octanol–water partition coefficient (Wildman–Crippen LogP) is 3.85. The third-order valence-corrected chi connectivity index (χ3v) is 6.11. The fourth-order valence-electron chi connectivity index (χ4n) is 4.30. The van der Waals surface area contributed by atoms with Crippen LogP contribution >= 0.6 is 0 Å². The maximum absolute atomic E-state index is 13.0. The van der Waals surface area contributed by atoms with Crippen LogP contribution in [0.25, 0.3) is 0 Å². The van der Waals surface area contributed by atoms with Crippen molar-refractivity contribution in [2.45, 2.75) is 45.1 Å². The molecule has 0 N–H and O–H groups in total. The second kappa shape index (κ2) is 9.37. The summed E-state index contributed by atoms with van der Waals surface area (Å²) in [6.45, 7) is 3.95. The summed E-state index contributed by atoms with van der Waals surface area (Å²) in [4.78, 5) is 27.4. The molecule has 2 aliphatic heterocycles. The van der Waals surface area contributed by atoms with E-state index in [0.29, 0.717) is 24.3 Å². The Labute approximate surface area is 183 Å². The number of ether oxygens (including phenoxy) is 1. The number of anilines is 1. The lowest BCUT2D eigenvalue weighted by Gasteiger charge is -2.35. The van der Waals surface area contributed by atoms with Gasteiger partial charge in [0.1, 0.15) is 5.69 Å². The Kier molecular flexibility index (Phi) is 6.39. The molecule has 2 aromatic rings. The highest BCUT2D eigenvalue weighted by Crippen LogP contribution is 2.23. The average Bonchev–Trinajstić information content (AvgIpc) is 3.42. The minimum Gasteiger partial charge on any atom is -0.462 e. The van der Waals surface area contributed by atoms with Crippen molar-refractivity contribution >= 4 is 23.3 Å². The van der Waals surface area contributed by atoms with Gasteiger partial charge in [0.15, 0.2) is 0 Å². The number of hydrazone groups is 1. The van der Waals surface area contributed by atoms with Gasteiger partial charge in [0, 0.05) is 50.9 Å². The smallest absolute Gasteiger partial charge is 0.338 e. The van der Waals surface area contributed by atoms with Gasteiger partial charge in [-0.3, -0.25) is 9.80 Å². The third kappa shape index (κ3) is 4.81. The van der Waals surface area contributed by atoms with Crippen molar-refractivity contribution in [2.24, 2.45) is 12.1 Å². The van der Waals surface area contributed by atoms with E-state index in [9.17, 15) is 9.59 Å². The minimum absolute atomic E-state index is 0.0546. The molecule has 1 aromatic carbocycles. The third-order valence-electron chi connectivity index (χ3n) is 6.11. The van der Waals surface area contributed by atoms with Crippen molar-refractivity contribution in [3.05, 3.63) is 53.9 Å². The Hall–Kier alpha value is -3.09. The zero-order valence-corrected chi connectivity index (χ0v) is 18.3. The van der Waals surface area contributed by atoms with Crippen LogP contribution in [-0.4, -0.2) is 52.8 Å². The van der Waals surface area contributed by atoms with Crippen molar-refractivity contribution in [3.8, 4) is 0 Å². The molecule has 1 unspecified atom stereocenters. The van der Waals surface area contributed by atoms with Gasteiger partial charge < -0.3 is 14.2 Å². The summed E-state index contributed by atoms with van der Waals surface area (Å²) < 4.78 is 7.39. The van der Waals surface area contributed by atoms with Gasteiger partial charge in [0.05, 0.1) is 17.9 Å². The van der Waals surface area contributed by atoms with Gasteiger partial charge >= 0.3 is 5.97 Å². The number of carbonyl (C=O) groups excluding carboxylic acids is 2. The fraction of sp³-hybridized carbons (Fsp3) is 0.458. The standard InChI is InChI=1S/C24H30N4O3/c1-18-12-16-28(25-18)21-10-8-19(9-11-21)24(30)31-17-13-20-6-3-4-15-27(20)23(29)22-7-5-14-26(22)2/h5,7-11,14,20H,3-4,6,12-13,15-17H2,1-2H3. The lowest BCUT2D eigenvalue weighted by Crippen LogP contribution is -2.44. The summed E-state index contributed by atoms with van der Waals surface area (Å²) in [6, 6.07) is 11.2. The molecule has 1 amide bonds. The SMILES string of the molecule is CC1=NN(c2ccc(C(=O)OCCC3CCCCN3C(=O)c3cccn3C)cc2)CC1. The summed E-state index contributed by atoms with van der Waals surface area (Å²) in [6.07, 6.45) is 6.56. The van der Waals surface area contributed by atoms with Crippen LogP contribution in [0.3, 0.4) is 0 Å². The highest BCUT2D eigenvalue weighted by Gasteiger charge is 2.28. The number of rotatable bonds is 6. The topological polar surface area (TPSA) is 67.1 Å². The second-order valence-electron chi connectivity index (χ2n) is 8.33. The molecule has 1 aromatic heterocycles. The number of aromatic nitrogens is 1. The van der Waals surface area contributed by atoms with E-state index >= 15 is 0 Å². The highest BCUT2D eigenvalue weighted by atomic mass is 16.5. The van der Waals surface area contributed by atoms with Crippen molar-refractivity contribution in [2.75, 3.05) is 24.7 Å². The van der Waals surface area contributed by atoms with Crippen LogP contribution in [0.4, 0.5) is 5.69 Å². The Morgan fingerprint density at radius 3 is 2.61 bits per heavy atom. The van der Waals surface area contributed by atoms with Crippen LogP contribution in [0.15, 0.2) is 47.7 Å². The van der Waals surface area contributed by atoms with Crippen molar-refractivity contribution in [1.29, 1.82) is 0 Å². The Balaban J connectivity index is 1.31. The number of benzene rings is 1. The van der Waals surface area contributed by atoms with Gasteiger partial charge in [-0.15, -0.1) is 0 Å². The van der Waals surface area contributed by atoms with E-state index in [2.05, 4.69) is 5.10 Å². The number of carbonyl (C=O) groups is 2. The summed E-state index contributed by atoms with van der Waals surface area (Å²) in [5, 5.41) is 6.43. The van der Waals surface area contributed by atoms with E-state index in [4.69, 9.17) is 4.74 Å². The number of likely N-dealkylation sites (tertiary alicyclic amines) is 1. The van der Waals surface area contributed by atoms with Crippen LogP contribution in [0.2, 0.25) is 0 Å². The molecule has 0 saturated carbocycles. The van der Waals surface area contributed by atoms with E-state index in [1.165, 1.54) is 0 Å². The lowest BCUT2D eigenvalue weighted by molar-refractivity contribution is 0.0406. The summed E-state index contributed by atoms with van der Waals surface area (Å²) in [7, 11) is 1.89. The van der Waals surface area contributed by atoms with Crippen molar-refractivity contribution in [3.63, 3.8) is 0 Å². The Morgan fingerprint density at radius 2 is 1.94 bits per heavy atom. The summed E-state index contributed by atoms with van der Waals surface area (Å²) in [5.74, 6) is -0.275. The van der Waals surface area contributed by atoms with Crippen LogP contribution in [-0.2, 0) is 11.8 Å². The fourth-order valence-corrected chi connectivity index (χ4v) is 4.30. The van der Waals surface area contributed by atoms with E-state index in [1.54, 1.807) is 12.1 Å². The highest BCUT2D eigenvalue weighted by molar-refractivity contribution is 5.93. The molecule has 0 spiro atoms. The molecule has 3 heterocycles. The molecule has 2 aliphatic rings. The molecule has 1 saturated heterocycles. The van der Waals surface area contributed by atoms with Gasteiger partial charge in [0.25, 0.3) is 5.91 Å². The van der Waals surface area contributed by atoms with E-state index < -0.39 is 0 Å². The lowest BCUT2D eigenvalue weighted by atomic mass is 9.99. The minimum atomic E-state index is -0.330. The van der Waals surface area contributed by atoms with Gasteiger partial charge in [-0.1, -0.05) is 0 Å². The quantitative estimate of drug-likeness (QED) is 0.663. The van der Waals surface area contributed by atoms with Crippen LogP contribution < -0.4 is 5.01 Å². The predicted molar refractivity (Wildman–Crippen MR) is 121 cm³/mol. The largest absolute Gasteiger partial charge is 0.462 e. The van der Waals surface area contributed by atoms with Crippen molar-refractivity contribution < 1.29 is 14.3 Å². The zero-order valence-electron chi connectivity index (χ0n) is 18.3. The molecule has 0 radical (unpaired) electrons. The van der Waals surface area contributed by atoms with Gasteiger partial charge in [-0.2, -0.15) is 5.10 Å². The van der Waals surface area contributed by atoms with Crippen LogP contribution in [0.1, 0.15) is 59.9 Å². The first-order chi connectivity index (χ1) is 15.0. The van der Waals surface area contributed by atoms with E-state index in [0.717, 1.165) is 50.2 Å². The van der Waals surface area contributed by atoms with Crippen LogP contribution in [0.5, 0.6) is 0 Å². The number of amides is 1. The monoisotopic (exact) mass is 422 g/mol. The first-order valence-corrected chi connectivity index (χ1v) is 11.0. The maximum Gasteiger partial charge on any atom is 0.338 e.